The molecule has 0 unspecified atom stereocenters. The topological polar surface area (TPSA) is 58.4 Å². The Morgan fingerprint density at radius 2 is 1.85 bits per heavy atom. The van der Waals surface area contributed by atoms with Crippen LogP contribution in [0, 0.1) is 5.92 Å². The summed E-state index contributed by atoms with van der Waals surface area (Å²) in [5.41, 5.74) is 5.15. The maximum atomic E-state index is 12.4. The highest BCUT2D eigenvalue weighted by Gasteiger charge is 2.20. The van der Waals surface area contributed by atoms with Gasteiger partial charge in [0.15, 0.2) is 0 Å². The smallest absolute Gasteiger partial charge is 0.243 e. The Hall–Kier alpha value is -2.44. The Morgan fingerprint density at radius 3 is 2.65 bits per heavy atom. The van der Waals surface area contributed by atoms with Gasteiger partial charge >= 0.3 is 0 Å². The van der Waals surface area contributed by atoms with Crippen molar-refractivity contribution in [1.82, 2.24) is 15.3 Å². The second-order valence-corrected chi connectivity index (χ2v) is 7.55. The molecule has 0 spiro atoms. The molecule has 5 nitrogen and oxygen atoms in total. The first-order valence-electron chi connectivity index (χ1n) is 8.98. The summed E-state index contributed by atoms with van der Waals surface area (Å²) in [5, 5.41) is 7.76. The predicted octanol–water partition coefficient (Wildman–Crippen LogP) is 2.68. The van der Waals surface area contributed by atoms with Crippen LogP contribution in [-0.2, 0) is 11.3 Å². The molecule has 1 fully saturated rings. The second kappa shape index (κ2) is 7.85. The molecule has 2 heterocycles. The quantitative estimate of drug-likeness (QED) is 0.698. The van der Waals surface area contributed by atoms with E-state index in [4.69, 9.17) is 0 Å². The Morgan fingerprint density at radius 1 is 1.12 bits per heavy atom. The van der Waals surface area contributed by atoms with Crippen molar-refractivity contribution in [2.45, 2.75) is 19.4 Å². The van der Waals surface area contributed by atoms with Gasteiger partial charge in [-0.05, 0) is 43.6 Å². The van der Waals surface area contributed by atoms with Gasteiger partial charge in [-0.2, -0.15) is 0 Å². The van der Waals surface area contributed by atoms with Crippen LogP contribution in [0.4, 0.5) is 0 Å². The average Bonchev–Trinajstić information content (AvgIpc) is 3.05. The van der Waals surface area contributed by atoms with Crippen LogP contribution in [0.1, 0.15) is 18.4 Å². The van der Waals surface area contributed by atoms with Crippen molar-refractivity contribution in [3.8, 4) is 0 Å². The highest BCUT2D eigenvalue weighted by atomic mass is 32.1. The fraction of sp³-hybridized carbons (Fsp3) is 0.300. The molecule has 4 rings (SSSR count). The molecule has 0 saturated carbocycles. The van der Waals surface area contributed by atoms with Crippen LogP contribution in [0.5, 0.6) is 0 Å². The number of carbonyl (C=O) groups is 1. The molecule has 1 aliphatic rings. The average molecular weight is 366 g/mol. The third-order valence-electron chi connectivity index (χ3n) is 4.74. The number of thiazole rings is 1. The minimum Gasteiger partial charge on any atom is -0.317 e. The lowest BCUT2D eigenvalue weighted by atomic mass is 9.98. The van der Waals surface area contributed by atoms with Crippen molar-refractivity contribution in [3.63, 3.8) is 0 Å². The molecular weight excluding hydrogens is 344 g/mol. The largest absolute Gasteiger partial charge is 0.317 e. The Balaban J connectivity index is 1.65. The molecule has 0 aliphatic carbocycles. The fourth-order valence-corrected chi connectivity index (χ4v) is 4.29. The number of piperidine rings is 1. The van der Waals surface area contributed by atoms with E-state index in [1.165, 1.54) is 10.3 Å². The maximum Gasteiger partial charge on any atom is 0.243 e. The summed E-state index contributed by atoms with van der Waals surface area (Å²) < 4.78 is 3.33. The van der Waals surface area contributed by atoms with Crippen LogP contribution in [0.2, 0.25) is 0 Å². The van der Waals surface area contributed by atoms with E-state index >= 15 is 0 Å². The Bertz CT molecular complexity index is 955. The first-order chi connectivity index (χ1) is 12.8. The summed E-state index contributed by atoms with van der Waals surface area (Å²) in [6, 6.07) is 18.6. The fourth-order valence-electron chi connectivity index (χ4n) is 3.30. The van der Waals surface area contributed by atoms with Crippen molar-refractivity contribution in [2.24, 2.45) is 11.0 Å². The van der Waals surface area contributed by atoms with Crippen LogP contribution >= 0.6 is 11.3 Å². The maximum absolute atomic E-state index is 12.4. The number of para-hydroxylation sites is 1. The third kappa shape index (κ3) is 3.71. The summed E-state index contributed by atoms with van der Waals surface area (Å²) >= 11 is 1.60. The van der Waals surface area contributed by atoms with Crippen molar-refractivity contribution >= 4 is 27.5 Å². The van der Waals surface area contributed by atoms with Crippen molar-refractivity contribution in [2.75, 3.05) is 13.1 Å². The third-order valence-corrected chi connectivity index (χ3v) is 5.80. The molecule has 2 aromatic carbocycles. The highest BCUT2D eigenvalue weighted by Crippen LogP contribution is 2.18. The van der Waals surface area contributed by atoms with Crippen LogP contribution in [0.3, 0.4) is 0 Å². The van der Waals surface area contributed by atoms with Gasteiger partial charge in [-0.1, -0.05) is 53.8 Å². The minimum absolute atomic E-state index is 0.0233. The number of rotatable bonds is 4. The molecule has 0 radical (unpaired) electrons. The van der Waals surface area contributed by atoms with Gasteiger partial charge in [-0.25, -0.2) is 5.43 Å². The molecule has 1 saturated heterocycles. The number of fused-ring (bicyclic) bond motifs is 1. The SMILES string of the molecule is O=C(NN=c1sc2ccccc2n1Cc1ccccc1)C1CCNCC1. The minimum atomic E-state index is 0.0233. The first kappa shape index (κ1) is 17.0. The molecular formula is C20H22N4OS. The van der Waals surface area contributed by atoms with E-state index in [1.54, 1.807) is 11.3 Å². The predicted molar refractivity (Wildman–Crippen MR) is 105 cm³/mol. The number of benzene rings is 2. The van der Waals surface area contributed by atoms with Gasteiger partial charge in [0, 0.05) is 5.92 Å². The summed E-state index contributed by atoms with van der Waals surface area (Å²) in [6.07, 6.45) is 1.75. The second-order valence-electron chi connectivity index (χ2n) is 6.54. The molecule has 134 valence electrons. The Labute approximate surface area is 156 Å². The van der Waals surface area contributed by atoms with Crippen LogP contribution < -0.4 is 15.5 Å². The van der Waals surface area contributed by atoms with E-state index in [0.29, 0.717) is 0 Å². The van der Waals surface area contributed by atoms with Crippen molar-refractivity contribution in [1.29, 1.82) is 0 Å². The number of carbonyl (C=O) groups excluding carboxylic acids is 1. The lowest BCUT2D eigenvalue weighted by Crippen LogP contribution is -2.37. The Kier molecular flexibility index (Phi) is 5.13. The zero-order valence-corrected chi connectivity index (χ0v) is 15.3. The molecule has 2 N–H and O–H groups in total. The first-order valence-corrected chi connectivity index (χ1v) is 9.79. The van der Waals surface area contributed by atoms with Gasteiger partial charge in [0.1, 0.15) is 0 Å². The zero-order valence-electron chi connectivity index (χ0n) is 14.5. The van der Waals surface area contributed by atoms with Crippen LogP contribution in [0.15, 0.2) is 59.7 Å². The number of nitrogens with zero attached hydrogens (tertiary/aromatic N) is 2. The molecule has 26 heavy (non-hydrogen) atoms. The van der Waals surface area contributed by atoms with E-state index < -0.39 is 0 Å². The summed E-state index contributed by atoms with van der Waals surface area (Å²) in [6.45, 7) is 2.52. The van der Waals surface area contributed by atoms with Gasteiger partial charge in [0.25, 0.3) is 0 Å². The number of aromatic nitrogens is 1. The number of hydrogen-bond acceptors (Lipinski definition) is 4. The lowest BCUT2D eigenvalue weighted by molar-refractivity contribution is -0.125. The monoisotopic (exact) mass is 366 g/mol. The number of amides is 1. The molecule has 1 aliphatic heterocycles. The molecule has 3 aromatic rings. The molecule has 0 bridgehead atoms. The van der Waals surface area contributed by atoms with Crippen molar-refractivity contribution < 1.29 is 4.79 Å². The van der Waals surface area contributed by atoms with Crippen LogP contribution in [-0.4, -0.2) is 23.6 Å². The summed E-state index contributed by atoms with van der Waals surface area (Å²) in [4.78, 5) is 13.2. The van der Waals surface area contributed by atoms with Crippen molar-refractivity contribution in [3.05, 3.63) is 65.0 Å². The van der Waals surface area contributed by atoms with E-state index in [1.807, 2.05) is 30.3 Å². The van der Waals surface area contributed by atoms with E-state index in [2.05, 4.69) is 44.7 Å². The van der Waals surface area contributed by atoms with Gasteiger partial charge in [0.05, 0.1) is 16.8 Å². The lowest BCUT2D eigenvalue weighted by Gasteiger charge is -2.20. The van der Waals surface area contributed by atoms with Gasteiger partial charge in [-0.15, -0.1) is 5.10 Å². The number of nitrogens with one attached hydrogen (secondary N) is 2. The van der Waals surface area contributed by atoms with Gasteiger partial charge in [-0.3, -0.25) is 4.79 Å². The van der Waals surface area contributed by atoms with E-state index in [-0.39, 0.29) is 11.8 Å². The summed E-state index contributed by atoms with van der Waals surface area (Å²) in [7, 11) is 0. The summed E-state index contributed by atoms with van der Waals surface area (Å²) in [5.74, 6) is 0.0761. The highest BCUT2D eigenvalue weighted by molar-refractivity contribution is 7.16. The van der Waals surface area contributed by atoms with Crippen LogP contribution in [0.25, 0.3) is 10.2 Å². The van der Waals surface area contributed by atoms with E-state index in [0.717, 1.165) is 42.8 Å². The molecule has 1 amide bonds. The molecule has 0 atom stereocenters. The normalized spacial score (nSPS) is 16.1. The standard InChI is InChI=1S/C20H22N4OS/c25-19(16-10-12-21-13-11-16)22-23-20-24(14-15-6-2-1-3-7-15)17-8-4-5-9-18(17)26-20/h1-9,16,21H,10-14H2,(H,22,25). The van der Waals surface area contributed by atoms with E-state index in [9.17, 15) is 4.79 Å². The molecule has 6 heteroatoms. The zero-order chi connectivity index (χ0) is 17.8. The molecule has 1 aromatic heterocycles. The van der Waals surface area contributed by atoms with Gasteiger partial charge < -0.3 is 9.88 Å². The number of hydrogen-bond donors (Lipinski definition) is 2. The van der Waals surface area contributed by atoms with Gasteiger partial charge in [0.2, 0.25) is 10.7 Å².